The molecule has 0 aromatic carbocycles. The Labute approximate surface area is 89.8 Å². The summed E-state index contributed by atoms with van der Waals surface area (Å²) in [5.41, 5.74) is 0. The van der Waals surface area contributed by atoms with E-state index in [0.29, 0.717) is 0 Å². The second kappa shape index (κ2) is 3.76. The second-order valence-corrected chi connectivity index (χ2v) is 4.29. The highest BCUT2D eigenvalue weighted by molar-refractivity contribution is 4.94. The van der Waals surface area contributed by atoms with Crippen molar-refractivity contribution >= 4 is 0 Å². The van der Waals surface area contributed by atoms with E-state index >= 15 is 0 Å². The van der Waals surface area contributed by atoms with Gasteiger partial charge in [-0.3, -0.25) is 0 Å². The molecule has 0 aromatic rings. The van der Waals surface area contributed by atoms with Gasteiger partial charge in [-0.1, -0.05) is 5.92 Å². The van der Waals surface area contributed by atoms with Crippen LogP contribution in [-0.4, -0.2) is 37.0 Å². The van der Waals surface area contributed by atoms with Crippen LogP contribution in [0.2, 0.25) is 0 Å². The highest BCUT2D eigenvalue weighted by Crippen LogP contribution is 2.38. The van der Waals surface area contributed by atoms with Crippen LogP contribution in [0, 0.1) is 12.3 Å². The van der Waals surface area contributed by atoms with Gasteiger partial charge in [-0.2, -0.15) is 0 Å². The van der Waals surface area contributed by atoms with Crippen molar-refractivity contribution in [2.45, 2.75) is 51.2 Å². The predicted molar refractivity (Wildman–Crippen MR) is 52.9 cm³/mol. The summed E-state index contributed by atoms with van der Waals surface area (Å²) in [6.45, 7) is 5.92. The molecule has 0 bridgehead atoms. The highest BCUT2D eigenvalue weighted by Gasteiger charge is 2.53. The van der Waals surface area contributed by atoms with Crippen LogP contribution in [0.25, 0.3) is 0 Å². The maximum Gasteiger partial charge on any atom is 0.190 e. The molecule has 0 aromatic heterocycles. The third-order valence-corrected chi connectivity index (χ3v) is 2.58. The molecule has 84 valence electrons. The summed E-state index contributed by atoms with van der Waals surface area (Å²) in [5, 5.41) is 0. The normalized spacial score (nSPS) is 42.5. The minimum atomic E-state index is -0.604. The molecule has 2 aliphatic heterocycles. The minimum Gasteiger partial charge on any atom is -0.360 e. The summed E-state index contributed by atoms with van der Waals surface area (Å²) in [6.07, 6.45) is 4.44. The van der Waals surface area contributed by atoms with Crippen LogP contribution in [0.15, 0.2) is 0 Å². The maximum atomic E-state index is 5.71. The Morgan fingerprint density at radius 1 is 1.40 bits per heavy atom. The Balaban J connectivity index is 2.03. The van der Waals surface area contributed by atoms with Crippen LogP contribution in [0.1, 0.15) is 20.8 Å². The van der Waals surface area contributed by atoms with Crippen molar-refractivity contribution in [1.82, 2.24) is 0 Å². The number of rotatable bonds is 2. The van der Waals surface area contributed by atoms with Crippen LogP contribution in [0.5, 0.6) is 0 Å². The molecule has 0 saturated carbocycles. The van der Waals surface area contributed by atoms with Gasteiger partial charge in [0.2, 0.25) is 0 Å². The molecule has 0 aliphatic carbocycles. The first-order valence-electron chi connectivity index (χ1n) is 5.10. The van der Waals surface area contributed by atoms with Crippen molar-refractivity contribution < 1.29 is 18.9 Å². The molecule has 4 nitrogen and oxygen atoms in total. The van der Waals surface area contributed by atoms with Crippen LogP contribution < -0.4 is 0 Å². The quantitative estimate of drug-likeness (QED) is 0.637. The van der Waals surface area contributed by atoms with Crippen LogP contribution >= 0.6 is 0 Å². The predicted octanol–water partition coefficient (Wildman–Crippen LogP) is 0.901. The van der Waals surface area contributed by atoms with E-state index in [0.717, 1.165) is 0 Å². The molecule has 4 heteroatoms. The summed E-state index contributed by atoms with van der Waals surface area (Å²) < 4.78 is 22.4. The molecule has 2 rings (SSSR count). The van der Waals surface area contributed by atoms with E-state index in [1.165, 1.54) is 0 Å². The Bertz CT molecular complexity index is 281. The average Bonchev–Trinajstić information content (AvgIpc) is 2.54. The third-order valence-electron chi connectivity index (χ3n) is 2.58. The fraction of sp³-hybridized carbons (Fsp3) is 0.818. The maximum absolute atomic E-state index is 5.71. The molecule has 0 unspecified atom stereocenters. The Kier molecular flexibility index (Phi) is 2.73. The fourth-order valence-electron chi connectivity index (χ4n) is 2.02. The Hall–Kier alpha value is -0.600. The monoisotopic (exact) mass is 212 g/mol. The highest BCUT2D eigenvalue weighted by atomic mass is 16.8. The molecule has 2 saturated heterocycles. The first kappa shape index (κ1) is 10.9. The first-order valence-corrected chi connectivity index (χ1v) is 5.10. The van der Waals surface area contributed by atoms with Crippen molar-refractivity contribution in [1.29, 1.82) is 0 Å². The van der Waals surface area contributed by atoms with Gasteiger partial charge in [0.05, 0.1) is 6.10 Å². The van der Waals surface area contributed by atoms with Crippen molar-refractivity contribution in [3.05, 3.63) is 0 Å². The SMILES string of the molecule is C#CCO[C@@H]1[C@H]2OC(C)(C)O[C@H]2O[C@@H]1C. The zero-order valence-corrected chi connectivity index (χ0v) is 9.23. The van der Waals surface area contributed by atoms with E-state index in [-0.39, 0.29) is 31.2 Å². The van der Waals surface area contributed by atoms with Crippen LogP contribution in [0.3, 0.4) is 0 Å². The van der Waals surface area contributed by atoms with E-state index in [1.807, 2.05) is 20.8 Å². The van der Waals surface area contributed by atoms with Crippen LogP contribution in [0.4, 0.5) is 0 Å². The molecule has 2 aliphatic rings. The lowest BCUT2D eigenvalue weighted by Crippen LogP contribution is -2.35. The van der Waals surface area contributed by atoms with Crippen molar-refractivity contribution in [3.63, 3.8) is 0 Å². The zero-order valence-electron chi connectivity index (χ0n) is 9.23. The lowest BCUT2D eigenvalue weighted by molar-refractivity contribution is -0.215. The molecule has 2 fully saturated rings. The van der Waals surface area contributed by atoms with Gasteiger partial charge >= 0.3 is 0 Å². The number of ether oxygens (including phenoxy) is 4. The average molecular weight is 212 g/mol. The molecule has 0 amide bonds. The topological polar surface area (TPSA) is 36.9 Å². The molecule has 2 heterocycles. The Morgan fingerprint density at radius 3 is 2.80 bits per heavy atom. The van der Waals surface area contributed by atoms with Crippen LogP contribution in [-0.2, 0) is 18.9 Å². The molecule has 0 radical (unpaired) electrons. The number of terminal acetylenes is 1. The van der Waals surface area contributed by atoms with Crippen molar-refractivity contribution in [3.8, 4) is 12.3 Å². The molecule has 0 spiro atoms. The molecule has 15 heavy (non-hydrogen) atoms. The van der Waals surface area contributed by atoms with Gasteiger partial charge in [-0.05, 0) is 20.8 Å². The second-order valence-electron chi connectivity index (χ2n) is 4.29. The summed E-state index contributed by atoms with van der Waals surface area (Å²) in [6, 6.07) is 0. The number of hydrogen-bond acceptors (Lipinski definition) is 4. The van der Waals surface area contributed by atoms with Gasteiger partial charge in [0.1, 0.15) is 18.8 Å². The number of fused-ring (bicyclic) bond motifs is 1. The smallest absolute Gasteiger partial charge is 0.190 e. The van der Waals surface area contributed by atoms with E-state index in [1.54, 1.807) is 0 Å². The molecule has 0 N–H and O–H groups in total. The van der Waals surface area contributed by atoms with Gasteiger partial charge in [-0.15, -0.1) is 6.42 Å². The lowest BCUT2D eigenvalue weighted by atomic mass is 10.1. The summed E-state index contributed by atoms with van der Waals surface area (Å²) in [7, 11) is 0. The summed E-state index contributed by atoms with van der Waals surface area (Å²) in [4.78, 5) is 0. The third kappa shape index (κ3) is 2.01. The van der Waals surface area contributed by atoms with E-state index in [9.17, 15) is 0 Å². The van der Waals surface area contributed by atoms with Gasteiger partial charge in [0, 0.05) is 0 Å². The number of hydrogen-bond donors (Lipinski definition) is 0. The van der Waals surface area contributed by atoms with Crippen molar-refractivity contribution in [2.75, 3.05) is 6.61 Å². The largest absolute Gasteiger partial charge is 0.360 e. The summed E-state index contributed by atoms with van der Waals surface area (Å²) >= 11 is 0. The lowest BCUT2D eigenvalue weighted by Gasteiger charge is -2.23. The first-order chi connectivity index (χ1) is 7.03. The van der Waals surface area contributed by atoms with E-state index in [4.69, 9.17) is 25.4 Å². The fourth-order valence-corrected chi connectivity index (χ4v) is 2.02. The van der Waals surface area contributed by atoms with Gasteiger partial charge in [0.25, 0.3) is 0 Å². The molecule has 4 atom stereocenters. The standard InChI is InChI=1S/C11H16O4/c1-5-6-12-8-7(2)13-10-9(8)14-11(3,4)15-10/h1,7-10H,6H2,2-4H3/t7-,8+,9-,10-/m1/s1. The molecular formula is C11H16O4. The minimum absolute atomic E-state index is 0.0514. The van der Waals surface area contributed by atoms with E-state index in [2.05, 4.69) is 5.92 Å². The Morgan fingerprint density at radius 2 is 2.13 bits per heavy atom. The van der Waals surface area contributed by atoms with Gasteiger partial charge in [0.15, 0.2) is 12.1 Å². The summed E-state index contributed by atoms with van der Waals surface area (Å²) in [5.74, 6) is 1.84. The van der Waals surface area contributed by atoms with E-state index < -0.39 is 5.79 Å². The molecular weight excluding hydrogens is 196 g/mol. The van der Waals surface area contributed by atoms with Crippen molar-refractivity contribution in [2.24, 2.45) is 0 Å². The zero-order chi connectivity index (χ0) is 11.1. The van der Waals surface area contributed by atoms with Gasteiger partial charge < -0.3 is 18.9 Å². The van der Waals surface area contributed by atoms with Gasteiger partial charge in [-0.25, -0.2) is 0 Å².